The van der Waals surface area contributed by atoms with Gasteiger partial charge < -0.3 is 9.73 Å². The lowest BCUT2D eigenvalue weighted by Crippen LogP contribution is -2.23. The third-order valence-electron chi connectivity index (χ3n) is 3.00. The second kappa shape index (κ2) is 6.84. The van der Waals surface area contributed by atoms with E-state index >= 15 is 0 Å². The maximum Gasteiger partial charge on any atom is 0.274 e. The van der Waals surface area contributed by atoms with Crippen molar-refractivity contribution in [1.82, 2.24) is 15.0 Å². The SMILES string of the molecule is CCNCc1ccc(S(=O)(=O)NCc2ncccc2C)o1. The van der Waals surface area contributed by atoms with Crippen LogP contribution in [0.15, 0.2) is 40.0 Å². The Morgan fingerprint density at radius 1 is 1.24 bits per heavy atom. The van der Waals surface area contributed by atoms with Crippen molar-refractivity contribution in [3.05, 3.63) is 47.5 Å². The summed E-state index contributed by atoms with van der Waals surface area (Å²) >= 11 is 0. The first-order valence-corrected chi connectivity index (χ1v) is 8.21. The van der Waals surface area contributed by atoms with E-state index in [2.05, 4.69) is 15.0 Å². The molecular formula is C14H19N3O3S. The van der Waals surface area contributed by atoms with Crippen molar-refractivity contribution in [3.8, 4) is 0 Å². The summed E-state index contributed by atoms with van der Waals surface area (Å²) < 4.78 is 32.1. The van der Waals surface area contributed by atoms with Gasteiger partial charge in [-0.2, -0.15) is 0 Å². The summed E-state index contributed by atoms with van der Waals surface area (Å²) in [7, 11) is -3.66. The maximum absolute atomic E-state index is 12.2. The van der Waals surface area contributed by atoms with E-state index in [1.807, 2.05) is 26.0 Å². The molecular weight excluding hydrogens is 290 g/mol. The number of rotatable bonds is 7. The summed E-state index contributed by atoms with van der Waals surface area (Å²) in [6.07, 6.45) is 1.64. The lowest BCUT2D eigenvalue weighted by Gasteiger charge is -2.06. The third-order valence-corrected chi connectivity index (χ3v) is 4.27. The zero-order chi connectivity index (χ0) is 15.3. The van der Waals surface area contributed by atoms with E-state index in [1.165, 1.54) is 6.07 Å². The average Bonchev–Trinajstić information content (AvgIpc) is 2.94. The van der Waals surface area contributed by atoms with Crippen LogP contribution in [-0.2, 0) is 23.1 Å². The molecule has 0 spiro atoms. The largest absolute Gasteiger partial charge is 0.447 e. The van der Waals surface area contributed by atoms with Crippen molar-refractivity contribution in [1.29, 1.82) is 0 Å². The molecule has 2 rings (SSSR count). The zero-order valence-electron chi connectivity index (χ0n) is 12.1. The molecule has 0 bridgehead atoms. The molecule has 0 atom stereocenters. The molecule has 7 heteroatoms. The fourth-order valence-corrected chi connectivity index (χ4v) is 2.72. The second-order valence-electron chi connectivity index (χ2n) is 4.59. The molecule has 114 valence electrons. The Labute approximate surface area is 124 Å². The normalized spacial score (nSPS) is 11.7. The number of nitrogens with one attached hydrogen (secondary N) is 2. The minimum atomic E-state index is -3.66. The molecule has 0 amide bonds. The van der Waals surface area contributed by atoms with E-state index in [0.717, 1.165) is 12.1 Å². The third kappa shape index (κ3) is 4.13. The molecule has 0 saturated heterocycles. The highest BCUT2D eigenvalue weighted by atomic mass is 32.2. The molecule has 0 aliphatic rings. The monoisotopic (exact) mass is 309 g/mol. The van der Waals surface area contributed by atoms with Gasteiger partial charge in [0.15, 0.2) is 0 Å². The lowest BCUT2D eigenvalue weighted by atomic mass is 10.2. The highest BCUT2D eigenvalue weighted by molar-refractivity contribution is 7.89. The number of sulfonamides is 1. The first-order valence-electron chi connectivity index (χ1n) is 6.72. The van der Waals surface area contributed by atoms with Crippen LogP contribution < -0.4 is 10.0 Å². The van der Waals surface area contributed by atoms with E-state index in [-0.39, 0.29) is 11.6 Å². The van der Waals surface area contributed by atoms with Gasteiger partial charge in [-0.3, -0.25) is 4.98 Å². The Morgan fingerprint density at radius 3 is 2.76 bits per heavy atom. The first-order chi connectivity index (χ1) is 10.0. The van der Waals surface area contributed by atoms with Crippen LogP contribution in [-0.4, -0.2) is 19.9 Å². The number of aryl methyl sites for hydroxylation is 1. The summed E-state index contributed by atoms with van der Waals surface area (Å²) in [5.74, 6) is 0.589. The van der Waals surface area contributed by atoms with E-state index < -0.39 is 10.0 Å². The maximum atomic E-state index is 12.2. The van der Waals surface area contributed by atoms with Gasteiger partial charge in [0, 0.05) is 6.20 Å². The molecule has 21 heavy (non-hydrogen) atoms. The topological polar surface area (TPSA) is 84.2 Å². The molecule has 0 aliphatic carbocycles. The fourth-order valence-electron chi connectivity index (χ4n) is 1.78. The number of hydrogen-bond donors (Lipinski definition) is 2. The Balaban J connectivity index is 2.05. The van der Waals surface area contributed by atoms with Crippen LogP contribution >= 0.6 is 0 Å². The molecule has 2 aromatic heterocycles. The van der Waals surface area contributed by atoms with E-state index in [1.54, 1.807) is 12.3 Å². The smallest absolute Gasteiger partial charge is 0.274 e. The van der Waals surface area contributed by atoms with Gasteiger partial charge in [-0.25, -0.2) is 13.1 Å². The summed E-state index contributed by atoms with van der Waals surface area (Å²) in [5, 5.41) is 3.00. The van der Waals surface area contributed by atoms with Crippen molar-refractivity contribution in [2.45, 2.75) is 32.0 Å². The second-order valence-corrected chi connectivity index (χ2v) is 6.29. The van der Waals surface area contributed by atoms with Gasteiger partial charge in [0.1, 0.15) is 5.76 Å². The summed E-state index contributed by atoms with van der Waals surface area (Å²) in [6, 6.07) is 6.81. The highest BCUT2D eigenvalue weighted by Gasteiger charge is 2.18. The predicted molar refractivity (Wildman–Crippen MR) is 79.1 cm³/mol. The predicted octanol–water partition coefficient (Wildman–Crippen LogP) is 1.57. The number of hydrogen-bond acceptors (Lipinski definition) is 5. The van der Waals surface area contributed by atoms with Crippen LogP contribution in [0.1, 0.15) is 23.9 Å². The van der Waals surface area contributed by atoms with Crippen LogP contribution in [0.2, 0.25) is 0 Å². The van der Waals surface area contributed by atoms with Crippen molar-refractivity contribution < 1.29 is 12.8 Å². The van der Waals surface area contributed by atoms with Gasteiger partial charge in [-0.05, 0) is 37.2 Å². The number of furan rings is 1. The Bertz CT molecular complexity index is 695. The quantitative estimate of drug-likeness (QED) is 0.811. The molecule has 2 heterocycles. The first kappa shape index (κ1) is 15.7. The van der Waals surface area contributed by atoms with Gasteiger partial charge >= 0.3 is 0 Å². The van der Waals surface area contributed by atoms with Crippen LogP contribution in [0.4, 0.5) is 0 Å². The molecule has 6 nitrogen and oxygen atoms in total. The molecule has 2 aromatic rings. The average molecular weight is 309 g/mol. The molecule has 0 aromatic carbocycles. The van der Waals surface area contributed by atoms with Crippen LogP contribution in [0.5, 0.6) is 0 Å². The van der Waals surface area contributed by atoms with Crippen molar-refractivity contribution >= 4 is 10.0 Å². The van der Waals surface area contributed by atoms with Gasteiger partial charge in [0.05, 0.1) is 18.8 Å². The van der Waals surface area contributed by atoms with Crippen molar-refractivity contribution in [2.75, 3.05) is 6.54 Å². The van der Waals surface area contributed by atoms with Crippen LogP contribution in [0, 0.1) is 6.92 Å². The zero-order valence-corrected chi connectivity index (χ0v) is 12.9. The molecule has 2 N–H and O–H groups in total. The molecule has 0 saturated carbocycles. The summed E-state index contributed by atoms with van der Waals surface area (Å²) in [4.78, 5) is 4.15. The van der Waals surface area contributed by atoms with Gasteiger partial charge in [0.2, 0.25) is 5.09 Å². The standard InChI is InChI=1S/C14H19N3O3S/c1-3-15-9-12-6-7-14(20-12)21(18,19)17-10-13-11(2)5-4-8-16-13/h4-8,15,17H,3,9-10H2,1-2H3. The number of pyridine rings is 1. The summed E-state index contributed by atoms with van der Waals surface area (Å²) in [6.45, 7) is 5.29. The molecule has 0 unspecified atom stereocenters. The molecule has 0 fully saturated rings. The number of aromatic nitrogens is 1. The van der Waals surface area contributed by atoms with Gasteiger partial charge in [-0.1, -0.05) is 13.0 Å². The minimum absolute atomic E-state index is 0.0796. The Hall–Kier alpha value is -1.70. The van der Waals surface area contributed by atoms with E-state index in [4.69, 9.17) is 4.42 Å². The Kier molecular flexibility index (Phi) is 5.11. The Morgan fingerprint density at radius 2 is 2.05 bits per heavy atom. The van der Waals surface area contributed by atoms with E-state index in [0.29, 0.717) is 18.0 Å². The van der Waals surface area contributed by atoms with Crippen molar-refractivity contribution in [3.63, 3.8) is 0 Å². The fraction of sp³-hybridized carbons (Fsp3) is 0.357. The van der Waals surface area contributed by atoms with Gasteiger partial charge in [0.25, 0.3) is 10.0 Å². The molecule has 0 aliphatic heterocycles. The minimum Gasteiger partial charge on any atom is -0.447 e. The summed E-state index contributed by atoms with van der Waals surface area (Å²) in [5.41, 5.74) is 1.63. The lowest BCUT2D eigenvalue weighted by molar-refractivity contribution is 0.401. The van der Waals surface area contributed by atoms with Gasteiger partial charge in [-0.15, -0.1) is 0 Å². The number of nitrogens with zero attached hydrogens (tertiary/aromatic N) is 1. The van der Waals surface area contributed by atoms with Crippen molar-refractivity contribution in [2.24, 2.45) is 0 Å². The highest BCUT2D eigenvalue weighted by Crippen LogP contribution is 2.14. The van der Waals surface area contributed by atoms with Crippen LogP contribution in [0.25, 0.3) is 0 Å². The molecule has 0 radical (unpaired) electrons. The van der Waals surface area contributed by atoms with Crippen LogP contribution in [0.3, 0.4) is 0 Å². The van der Waals surface area contributed by atoms with E-state index in [9.17, 15) is 8.42 Å².